The van der Waals surface area contributed by atoms with E-state index >= 15 is 0 Å². The summed E-state index contributed by atoms with van der Waals surface area (Å²) in [6.07, 6.45) is 6.81. The van der Waals surface area contributed by atoms with Crippen molar-refractivity contribution in [2.24, 2.45) is 23.7 Å². The molecule has 22 heavy (non-hydrogen) atoms. The minimum atomic E-state index is 0.0986. The highest BCUT2D eigenvalue weighted by atomic mass is 16.5. The molecule has 4 aliphatic carbocycles. The van der Waals surface area contributed by atoms with Crippen LogP contribution in [0.25, 0.3) is 0 Å². The van der Waals surface area contributed by atoms with E-state index < -0.39 is 0 Å². The van der Waals surface area contributed by atoms with Crippen LogP contribution < -0.4 is 5.32 Å². The second-order valence-electron chi connectivity index (χ2n) is 7.56. The SMILES string of the molecule is COCc1ccc(C(=O)NC2C3CC4CC(C3)CC2C4)cc1. The number of carbonyl (C=O) groups excluding carboxylic acids is 1. The lowest BCUT2D eigenvalue weighted by atomic mass is 9.54. The van der Waals surface area contributed by atoms with E-state index in [1.165, 1.54) is 32.1 Å². The van der Waals surface area contributed by atoms with Crippen LogP contribution >= 0.6 is 0 Å². The van der Waals surface area contributed by atoms with Crippen LogP contribution in [0.5, 0.6) is 0 Å². The van der Waals surface area contributed by atoms with Gasteiger partial charge in [-0.3, -0.25) is 4.79 Å². The Bertz CT molecular complexity index is 523. The Labute approximate surface area is 132 Å². The van der Waals surface area contributed by atoms with Crippen LogP contribution in [0.15, 0.2) is 24.3 Å². The second-order valence-corrected chi connectivity index (χ2v) is 7.56. The summed E-state index contributed by atoms with van der Waals surface area (Å²) in [6, 6.07) is 8.21. The van der Waals surface area contributed by atoms with Gasteiger partial charge in [0.25, 0.3) is 5.91 Å². The lowest BCUT2D eigenvalue weighted by molar-refractivity contribution is -0.0119. The number of rotatable bonds is 4. The summed E-state index contributed by atoms with van der Waals surface area (Å²) in [5.74, 6) is 3.45. The van der Waals surface area contributed by atoms with Gasteiger partial charge in [0.1, 0.15) is 0 Å². The molecule has 0 unspecified atom stereocenters. The largest absolute Gasteiger partial charge is 0.380 e. The molecule has 5 rings (SSSR count). The van der Waals surface area contributed by atoms with Gasteiger partial charge in [0.15, 0.2) is 0 Å². The summed E-state index contributed by atoms with van der Waals surface area (Å²) in [5.41, 5.74) is 1.88. The predicted molar refractivity (Wildman–Crippen MR) is 85.5 cm³/mol. The molecule has 4 saturated carbocycles. The van der Waals surface area contributed by atoms with Crippen molar-refractivity contribution in [1.82, 2.24) is 5.32 Å². The van der Waals surface area contributed by atoms with Crippen molar-refractivity contribution < 1.29 is 9.53 Å². The number of hydrogen-bond acceptors (Lipinski definition) is 2. The number of methoxy groups -OCH3 is 1. The molecule has 1 aromatic rings. The van der Waals surface area contributed by atoms with E-state index in [2.05, 4.69) is 5.32 Å². The van der Waals surface area contributed by atoms with Gasteiger partial charge in [-0.1, -0.05) is 12.1 Å². The molecule has 0 atom stereocenters. The fourth-order valence-electron chi connectivity index (χ4n) is 5.31. The molecule has 0 saturated heterocycles. The predicted octanol–water partition coefficient (Wildman–Crippen LogP) is 3.39. The summed E-state index contributed by atoms with van der Waals surface area (Å²) in [5, 5.41) is 3.36. The monoisotopic (exact) mass is 299 g/mol. The number of hydrogen-bond donors (Lipinski definition) is 1. The third kappa shape index (κ3) is 2.56. The fourth-order valence-corrected chi connectivity index (χ4v) is 5.31. The third-order valence-electron chi connectivity index (χ3n) is 6.05. The topological polar surface area (TPSA) is 38.3 Å². The Kier molecular flexibility index (Phi) is 3.69. The van der Waals surface area contributed by atoms with Crippen molar-refractivity contribution in [3.05, 3.63) is 35.4 Å². The molecule has 118 valence electrons. The van der Waals surface area contributed by atoms with E-state index in [-0.39, 0.29) is 5.91 Å². The fraction of sp³-hybridized carbons (Fsp3) is 0.632. The van der Waals surface area contributed by atoms with E-state index in [0.717, 1.165) is 34.8 Å². The second kappa shape index (κ2) is 5.69. The van der Waals surface area contributed by atoms with E-state index in [0.29, 0.717) is 12.6 Å². The molecule has 3 heteroatoms. The molecule has 3 nitrogen and oxygen atoms in total. The average Bonchev–Trinajstić information content (AvgIpc) is 2.51. The zero-order chi connectivity index (χ0) is 15.1. The van der Waals surface area contributed by atoms with Gasteiger partial charge in [-0.2, -0.15) is 0 Å². The van der Waals surface area contributed by atoms with Gasteiger partial charge in [0.05, 0.1) is 6.61 Å². The third-order valence-corrected chi connectivity index (χ3v) is 6.05. The van der Waals surface area contributed by atoms with Gasteiger partial charge >= 0.3 is 0 Å². The van der Waals surface area contributed by atoms with Crippen molar-refractivity contribution in [2.45, 2.75) is 44.8 Å². The van der Waals surface area contributed by atoms with Crippen molar-refractivity contribution in [3.63, 3.8) is 0 Å². The van der Waals surface area contributed by atoms with Crippen molar-refractivity contribution in [2.75, 3.05) is 7.11 Å². The molecule has 1 amide bonds. The molecule has 1 aromatic carbocycles. The Morgan fingerprint density at radius 1 is 1.05 bits per heavy atom. The zero-order valence-electron chi connectivity index (χ0n) is 13.3. The molecule has 0 heterocycles. The van der Waals surface area contributed by atoms with Gasteiger partial charge in [-0.25, -0.2) is 0 Å². The Morgan fingerprint density at radius 2 is 1.64 bits per heavy atom. The van der Waals surface area contributed by atoms with Crippen LogP contribution in [0.2, 0.25) is 0 Å². The summed E-state index contributed by atoms with van der Waals surface area (Å²) in [7, 11) is 1.69. The molecular formula is C19H25NO2. The van der Waals surface area contributed by atoms with Crippen LogP contribution in [0, 0.1) is 23.7 Å². The van der Waals surface area contributed by atoms with Crippen molar-refractivity contribution in [1.29, 1.82) is 0 Å². The van der Waals surface area contributed by atoms with Gasteiger partial charge in [-0.15, -0.1) is 0 Å². The molecule has 4 bridgehead atoms. The van der Waals surface area contributed by atoms with Crippen molar-refractivity contribution >= 4 is 5.91 Å². The Morgan fingerprint density at radius 3 is 2.18 bits per heavy atom. The maximum absolute atomic E-state index is 12.6. The molecule has 0 aliphatic heterocycles. The number of amides is 1. The molecule has 4 fully saturated rings. The smallest absolute Gasteiger partial charge is 0.251 e. The highest BCUT2D eigenvalue weighted by molar-refractivity contribution is 5.94. The highest BCUT2D eigenvalue weighted by Crippen LogP contribution is 2.53. The minimum absolute atomic E-state index is 0.0986. The lowest BCUT2D eigenvalue weighted by Crippen LogP contribution is -2.55. The molecule has 0 radical (unpaired) electrons. The Hall–Kier alpha value is -1.35. The first-order valence-electron chi connectivity index (χ1n) is 8.61. The first-order valence-corrected chi connectivity index (χ1v) is 8.61. The van der Waals surface area contributed by atoms with Crippen LogP contribution in [0.4, 0.5) is 0 Å². The average molecular weight is 299 g/mol. The summed E-state index contributed by atoms with van der Waals surface area (Å²) in [4.78, 5) is 12.6. The Balaban J connectivity index is 1.43. The quantitative estimate of drug-likeness (QED) is 0.925. The van der Waals surface area contributed by atoms with E-state index in [1.54, 1.807) is 7.11 Å². The van der Waals surface area contributed by atoms with Gasteiger partial charge in [0.2, 0.25) is 0 Å². The summed E-state index contributed by atoms with van der Waals surface area (Å²) >= 11 is 0. The molecule has 4 aliphatic rings. The summed E-state index contributed by atoms with van der Waals surface area (Å²) in [6.45, 7) is 0.595. The summed E-state index contributed by atoms with van der Waals surface area (Å²) < 4.78 is 5.11. The minimum Gasteiger partial charge on any atom is -0.380 e. The molecular weight excluding hydrogens is 274 g/mol. The molecule has 1 N–H and O–H groups in total. The first-order chi connectivity index (χ1) is 10.7. The lowest BCUT2D eigenvalue weighted by Gasteiger charge is -2.54. The van der Waals surface area contributed by atoms with Crippen LogP contribution in [-0.4, -0.2) is 19.1 Å². The normalized spacial score (nSPS) is 35.6. The number of benzene rings is 1. The van der Waals surface area contributed by atoms with Crippen LogP contribution in [0.1, 0.15) is 48.0 Å². The van der Waals surface area contributed by atoms with Crippen LogP contribution in [-0.2, 0) is 11.3 Å². The molecule has 0 spiro atoms. The number of ether oxygens (including phenoxy) is 1. The van der Waals surface area contributed by atoms with E-state index in [4.69, 9.17) is 4.74 Å². The van der Waals surface area contributed by atoms with Gasteiger partial charge in [0, 0.05) is 18.7 Å². The van der Waals surface area contributed by atoms with E-state index in [1.807, 2.05) is 24.3 Å². The number of nitrogens with one attached hydrogen (secondary N) is 1. The van der Waals surface area contributed by atoms with E-state index in [9.17, 15) is 4.79 Å². The van der Waals surface area contributed by atoms with Gasteiger partial charge in [-0.05, 0) is 73.5 Å². The highest BCUT2D eigenvalue weighted by Gasteiger charge is 2.48. The maximum Gasteiger partial charge on any atom is 0.251 e. The van der Waals surface area contributed by atoms with Crippen LogP contribution in [0.3, 0.4) is 0 Å². The van der Waals surface area contributed by atoms with Gasteiger partial charge < -0.3 is 10.1 Å². The van der Waals surface area contributed by atoms with Crippen molar-refractivity contribution in [3.8, 4) is 0 Å². The number of carbonyl (C=O) groups is 1. The zero-order valence-corrected chi connectivity index (χ0v) is 13.3. The maximum atomic E-state index is 12.6. The first kappa shape index (κ1) is 14.3. The standard InChI is InChI=1S/C19H25NO2/c1-22-11-12-2-4-15(5-3-12)19(21)20-18-16-7-13-6-14(9-16)10-17(18)8-13/h2-5,13-14,16-18H,6-11H2,1H3,(H,20,21). The molecule has 0 aromatic heterocycles.